The molecule has 0 fully saturated rings. The van der Waals surface area contributed by atoms with E-state index in [1.165, 1.54) is 25.4 Å². The molecule has 0 aliphatic rings. The number of hydrogen-bond acceptors (Lipinski definition) is 6. The Morgan fingerprint density at radius 2 is 2.15 bits per heavy atom. The fourth-order valence-corrected chi connectivity index (χ4v) is 4.00. The summed E-state index contributed by atoms with van der Waals surface area (Å²) in [6.07, 6.45) is 2.61. The van der Waals surface area contributed by atoms with Gasteiger partial charge in [0.1, 0.15) is 15.5 Å². The van der Waals surface area contributed by atoms with Crippen LogP contribution in [0.4, 0.5) is 5.00 Å². The predicted molar refractivity (Wildman–Crippen MR) is 76.6 cm³/mol. The van der Waals surface area contributed by atoms with E-state index in [4.69, 9.17) is 5.11 Å². The summed E-state index contributed by atoms with van der Waals surface area (Å²) in [5, 5.41) is 9.03. The zero-order chi connectivity index (χ0) is 14.9. The second kappa shape index (κ2) is 5.46. The standard InChI is InChI=1S/C10H8BrN3O4S2/c1-5-8(10(15)16)9(19-13-5)14-20(17,18)7-2-6(11)3-12-4-7/h2-4,14H,1H3,(H,15,16). The summed E-state index contributed by atoms with van der Waals surface area (Å²) >= 11 is 3.90. The number of aryl methyl sites for hydroxylation is 1. The largest absolute Gasteiger partial charge is 0.478 e. The summed E-state index contributed by atoms with van der Waals surface area (Å²) < 4.78 is 30.9. The SMILES string of the molecule is Cc1nsc(NS(=O)(=O)c2cncc(Br)c2)c1C(=O)O. The predicted octanol–water partition coefficient (Wildman–Crippen LogP) is 2.11. The molecule has 20 heavy (non-hydrogen) atoms. The van der Waals surface area contributed by atoms with Gasteiger partial charge in [0.2, 0.25) is 0 Å². The van der Waals surface area contributed by atoms with Crippen molar-refractivity contribution in [3.63, 3.8) is 0 Å². The fourth-order valence-electron chi connectivity index (χ4n) is 1.41. The third-order valence-corrected chi connectivity index (χ3v) is 5.03. The first-order valence-electron chi connectivity index (χ1n) is 5.14. The summed E-state index contributed by atoms with van der Waals surface area (Å²) in [6, 6.07) is 1.36. The highest BCUT2D eigenvalue weighted by Gasteiger charge is 2.23. The van der Waals surface area contributed by atoms with Crippen LogP contribution in [0.5, 0.6) is 0 Å². The van der Waals surface area contributed by atoms with E-state index in [1.807, 2.05) is 0 Å². The van der Waals surface area contributed by atoms with Gasteiger partial charge in [0, 0.05) is 16.9 Å². The molecule has 10 heteroatoms. The average molecular weight is 378 g/mol. The van der Waals surface area contributed by atoms with Crippen molar-refractivity contribution in [2.24, 2.45) is 0 Å². The van der Waals surface area contributed by atoms with E-state index in [0.29, 0.717) is 4.47 Å². The first-order chi connectivity index (χ1) is 9.31. The Balaban J connectivity index is 2.41. The maximum atomic E-state index is 12.2. The van der Waals surface area contributed by atoms with Crippen LogP contribution in [0.15, 0.2) is 27.8 Å². The number of nitrogens with one attached hydrogen (secondary N) is 1. The molecule has 0 bridgehead atoms. The number of carbonyl (C=O) groups is 1. The van der Waals surface area contributed by atoms with Gasteiger partial charge in [-0.3, -0.25) is 9.71 Å². The van der Waals surface area contributed by atoms with Crippen molar-refractivity contribution in [1.82, 2.24) is 9.36 Å². The Bertz CT molecular complexity index is 773. The van der Waals surface area contributed by atoms with Gasteiger partial charge in [-0.15, -0.1) is 0 Å². The van der Waals surface area contributed by atoms with E-state index < -0.39 is 16.0 Å². The van der Waals surface area contributed by atoms with Gasteiger partial charge in [-0.25, -0.2) is 13.2 Å². The van der Waals surface area contributed by atoms with Crippen molar-refractivity contribution >= 4 is 48.5 Å². The summed E-state index contributed by atoms with van der Waals surface area (Å²) in [7, 11) is -3.91. The first kappa shape index (κ1) is 14.9. The molecule has 0 atom stereocenters. The second-order valence-electron chi connectivity index (χ2n) is 3.72. The van der Waals surface area contributed by atoms with Gasteiger partial charge in [0.25, 0.3) is 10.0 Å². The number of pyridine rings is 1. The first-order valence-corrected chi connectivity index (χ1v) is 8.19. The minimum atomic E-state index is -3.91. The molecular formula is C10H8BrN3O4S2. The topological polar surface area (TPSA) is 109 Å². The van der Waals surface area contributed by atoms with Crippen LogP contribution >= 0.6 is 27.5 Å². The van der Waals surface area contributed by atoms with Crippen LogP contribution in [0.3, 0.4) is 0 Å². The van der Waals surface area contributed by atoms with Crippen molar-refractivity contribution in [3.8, 4) is 0 Å². The average Bonchev–Trinajstić information content (AvgIpc) is 2.69. The van der Waals surface area contributed by atoms with Gasteiger partial charge < -0.3 is 5.11 Å². The maximum Gasteiger partial charge on any atom is 0.340 e. The van der Waals surface area contributed by atoms with Crippen LogP contribution in [-0.2, 0) is 10.0 Å². The summed E-state index contributed by atoms with van der Waals surface area (Å²) in [5.41, 5.74) is 0.106. The van der Waals surface area contributed by atoms with Crippen molar-refractivity contribution in [3.05, 3.63) is 34.2 Å². The van der Waals surface area contributed by atoms with Gasteiger partial charge >= 0.3 is 5.97 Å². The number of rotatable bonds is 4. The van der Waals surface area contributed by atoms with Crippen molar-refractivity contribution in [2.75, 3.05) is 4.72 Å². The van der Waals surface area contributed by atoms with Gasteiger partial charge in [0.05, 0.1) is 5.69 Å². The molecule has 0 spiro atoms. The Labute approximate surface area is 127 Å². The normalized spacial score (nSPS) is 11.3. The number of carboxylic acids is 1. The van der Waals surface area contributed by atoms with Gasteiger partial charge in [0.15, 0.2) is 0 Å². The Morgan fingerprint density at radius 1 is 1.45 bits per heavy atom. The lowest BCUT2D eigenvalue weighted by Gasteiger charge is -2.06. The van der Waals surface area contributed by atoms with Crippen LogP contribution in [-0.4, -0.2) is 28.9 Å². The summed E-state index contributed by atoms with van der Waals surface area (Å²) in [4.78, 5) is 14.8. The zero-order valence-corrected chi connectivity index (χ0v) is 13.2. The summed E-state index contributed by atoms with van der Waals surface area (Å²) in [6.45, 7) is 1.50. The molecule has 7 nitrogen and oxygen atoms in total. The second-order valence-corrected chi connectivity index (χ2v) is 7.09. The van der Waals surface area contributed by atoms with Crippen LogP contribution < -0.4 is 4.72 Å². The molecule has 0 amide bonds. The third-order valence-electron chi connectivity index (χ3n) is 2.29. The van der Waals surface area contributed by atoms with Crippen LogP contribution in [0, 0.1) is 6.92 Å². The third kappa shape index (κ3) is 2.97. The number of aromatic carboxylic acids is 1. The number of aromatic nitrogens is 2. The minimum Gasteiger partial charge on any atom is -0.478 e. The van der Waals surface area contributed by atoms with Crippen LogP contribution in [0.1, 0.15) is 16.1 Å². The van der Waals surface area contributed by atoms with Crippen molar-refractivity contribution in [1.29, 1.82) is 0 Å². The number of sulfonamides is 1. The molecular weight excluding hydrogens is 370 g/mol. The number of hydrogen-bond donors (Lipinski definition) is 2. The van der Waals surface area contributed by atoms with Gasteiger partial charge in [-0.2, -0.15) is 4.37 Å². The molecule has 2 aromatic heterocycles. The van der Waals surface area contributed by atoms with Crippen molar-refractivity contribution < 1.29 is 18.3 Å². The Hall–Kier alpha value is -1.52. The summed E-state index contributed by atoms with van der Waals surface area (Å²) in [5.74, 6) is -1.23. The monoisotopic (exact) mass is 377 g/mol. The molecule has 2 N–H and O–H groups in total. The lowest BCUT2D eigenvalue weighted by Crippen LogP contribution is -2.14. The minimum absolute atomic E-state index is 0.0324. The molecule has 0 saturated heterocycles. The smallest absolute Gasteiger partial charge is 0.340 e. The molecule has 0 aliphatic heterocycles. The molecule has 0 saturated carbocycles. The number of nitrogens with zero attached hydrogens (tertiary/aromatic N) is 2. The quantitative estimate of drug-likeness (QED) is 0.844. The fraction of sp³-hybridized carbons (Fsp3) is 0.100. The van der Waals surface area contributed by atoms with E-state index >= 15 is 0 Å². The lowest BCUT2D eigenvalue weighted by atomic mass is 10.2. The maximum absolute atomic E-state index is 12.2. The Morgan fingerprint density at radius 3 is 2.75 bits per heavy atom. The molecule has 2 heterocycles. The molecule has 2 rings (SSSR count). The molecule has 2 aromatic rings. The van der Waals surface area contributed by atoms with E-state index in [1.54, 1.807) is 0 Å². The van der Waals surface area contributed by atoms with Crippen molar-refractivity contribution in [2.45, 2.75) is 11.8 Å². The zero-order valence-electron chi connectivity index (χ0n) is 9.99. The molecule has 0 aliphatic carbocycles. The van der Waals surface area contributed by atoms with E-state index in [-0.39, 0.29) is 21.2 Å². The van der Waals surface area contributed by atoms with Gasteiger partial charge in [-0.05, 0) is 40.5 Å². The van der Waals surface area contributed by atoms with Crippen LogP contribution in [0.2, 0.25) is 0 Å². The molecule has 0 radical (unpaired) electrons. The lowest BCUT2D eigenvalue weighted by molar-refractivity contribution is 0.0697. The Kier molecular flexibility index (Phi) is 4.06. The number of halogens is 1. The van der Waals surface area contributed by atoms with Gasteiger partial charge in [-0.1, -0.05) is 0 Å². The molecule has 106 valence electrons. The highest BCUT2D eigenvalue weighted by Crippen LogP contribution is 2.27. The number of carboxylic acid groups (broad SMARTS) is 1. The van der Waals surface area contributed by atoms with E-state index in [0.717, 1.165) is 11.5 Å². The van der Waals surface area contributed by atoms with Crippen LogP contribution in [0.25, 0.3) is 0 Å². The van der Waals surface area contributed by atoms with E-state index in [9.17, 15) is 13.2 Å². The number of anilines is 1. The van der Waals surface area contributed by atoms with E-state index in [2.05, 4.69) is 30.0 Å². The molecule has 0 unspecified atom stereocenters. The highest BCUT2D eigenvalue weighted by molar-refractivity contribution is 9.10. The molecule has 0 aromatic carbocycles. The highest BCUT2D eigenvalue weighted by atomic mass is 79.9.